The Bertz CT molecular complexity index is 173. The lowest BCUT2D eigenvalue weighted by atomic mass is 10.1. The highest BCUT2D eigenvalue weighted by molar-refractivity contribution is 5.68. The van der Waals surface area contributed by atoms with Gasteiger partial charge in [-0.05, 0) is 26.2 Å². The Morgan fingerprint density at radius 3 is 2.29 bits per heavy atom. The van der Waals surface area contributed by atoms with Crippen LogP contribution in [0.5, 0.6) is 0 Å². The van der Waals surface area contributed by atoms with E-state index in [0.29, 0.717) is 12.5 Å². The molecule has 14 heavy (non-hydrogen) atoms. The van der Waals surface area contributed by atoms with Crippen molar-refractivity contribution in [1.82, 2.24) is 0 Å². The molecule has 0 bridgehead atoms. The van der Waals surface area contributed by atoms with Crippen molar-refractivity contribution in [3.8, 4) is 0 Å². The zero-order valence-electron chi connectivity index (χ0n) is 10.2. The Morgan fingerprint density at radius 1 is 1.29 bits per heavy atom. The van der Waals surface area contributed by atoms with Crippen LogP contribution in [-0.2, 0) is 9.53 Å². The molecule has 0 fully saturated rings. The second-order valence-electron chi connectivity index (χ2n) is 4.79. The summed E-state index contributed by atoms with van der Waals surface area (Å²) in [4.78, 5) is 10.8. The summed E-state index contributed by atoms with van der Waals surface area (Å²) in [5.41, 5.74) is 0. The molecule has 0 aromatic rings. The molecular weight excluding hydrogens is 178 g/mol. The van der Waals surface area contributed by atoms with E-state index in [1.54, 1.807) is 0 Å². The number of carbonyl (C=O) groups is 1. The molecule has 0 saturated heterocycles. The zero-order valence-corrected chi connectivity index (χ0v) is 10.2. The number of carbonyl (C=O) groups excluding carboxylic acids is 1. The molecule has 1 unspecified atom stereocenters. The third-order valence-corrected chi connectivity index (χ3v) is 2.80. The van der Waals surface area contributed by atoms with Crippen LogP contribution in [0.25, 0.3) is 0 Å². The maximum atomic E-state index is 10.8. The molecular formula is C11H24NO2+. The molecule has 1 atom stereocenters. The Labute approximate surface area is 87.6 Å². The van der Waals surface area contributed by atoms with Gasteiger partial charge in [0.15, 0.2) is 0 Å². The minimum Gasteiger partial charge on any atom is -0.469 e. The molecule has 0 rings (SSSR count). The summed E-state index contributed by atoms with van der Waals surface area (Å²) in [5.74, 6) is -0.0945. The largest absolute Gasteiger partial charge is 0.469 e. The minimum atomic E-state index is -0.0945. The second kappa shape index (κ2) is 6.02. The van der Waals surface area contributed by atoms with Gasteiger partial charge in [0.1, 0.15) is 0 Å². The van der Waals surface area contributed by atoms with Crippen LogP contribution in [-0.4, -0.2) is 44.7 Å². The van der Waals surface area contributed by atoms with Crippen molar-refractivity contribution < 1.29 is 14.0 Å². The molecule has 0 aliphatic rings. The normalized spacial score (nSPS) is 13.8. The fourth-order valence-electron chi connectivity index (χ4n) is 1.20. The molecule has 0 aliphatic carbocycles. The summed E-state index contributed by atoms with van der Waals surface area (Å²) in [6.45, 7) is 2.25. The third kappa shape index (κ3) is 5.97. The zero-order chi connectivity index (χ0) is 11.2. The van der Waals surface area contributed by atoms with E-state index in [0.717, 1.165) is 17.3 Å². The summed E-state index contributed by atoms with van der Waals surface area (Å²) in [7, 11) is 8.04. The number of methoxy groups -OCH3 is 1. The molecule has 0 heterocycles. The van der Waals surface area contributed by atoms with Crippen LogP contribution in [0, 0.1) is 0 Å². The monoisotopic (exact) mass is 202 g/mol. The summed E-state index contributed by atoms with van der Waals surface area (Å²) < 4.78 is 5.57. The highest BCUT2D eigenvalue weighted by Crippen LogP contribution is 2.11. The number of hydrogen-bond donors (Lipinski definition) is 0. The first-order chi connectivity index (χ1) is 6.38. The summed E-state index contributed by atoms with van der Waals surface area (Å²) in [5, 5.41) is 0. The quantitative estimate of drug-likeness (QED) is 0.373. The van der Waals surface area contributed by atoms with E-state index in [9.17, 15) is 4.79 Å². The van der Waals surface area contributed by atoms with Gasteiger partial charge in [0.05, 0.1) is 34.3 Å². The lowest BCUT2D eigenvalue weighted by molar-refractivity contribution is -0.894. The van der Waals surface area contributed by atoms with Gasteiger partial charge in [-0.3, -0.25) is 4.79 Å². The standard InChI is InChI=1S/C11H24NO2/c1-10(12(2,3)4)8-6-7-9-11(13)14-5/h10H,6-9H2,1-5H3/q+1. The van der Waals surface area contributed by atoms with Crippen molar-refractivity contribution >= 4 is 5.97 Å². The van der Waals surface area contributed by atoms with Gasteiger partial charge >= 0.3 is 5.97 Å². The lowest BCUT2D eigenvalue weighted by Crippen LogP contribution is -2.43. The number of ether oxygens (including phenoxy) is 1. The van der Waals surface area contributed by atoms with Crippen molar-refractivity contribution in [2.24, 2.45) is 0 Å². The van der Waals surface area contributed by atoms with E-state index in [-0.39, 0.29) is 5.97 Å². The van der Waals surface area contributed by atoms with Crippen LogP contribution < -0.4 is 0 Å². The highest BCUT2D eigenvalue weighted by Gasteiger charge is 2.17. The average Bonchev–Trinajstić information content (AvgIpc) is 2.09. The smallest absolute Gasteiger partial charge is 0.305 e. The van der Waals surface area contributed by atoms with Crippen LogP contribution in [0.3, 0.4) is 0 Å². The first-order valence-corrected chi connectivity index (χ1v) is 5.26. The van der Waals surface area contributed by atoms with E-state index < -0.39 is 0 Å². The van der Waals surface area contributed by atoms with Gasteiger partial charge in [-0.15, -0.1) is 0 Å². The van der Waals surface area contributed by atoms with Crippen molar-refractivity contribution in [3.63, 3.8) is 0 Å². The maximum Gasteiger partial charge on any atom is 0.305 e. The minimum absolute atomic E-state index is 0.0945. The van der Waals surface area contributed by atoms with E-state index in [4.69, 9.17) is 0 Å². The molecule has 0 aliphatic heterocycles. The van der Waals surface area contributed by atoms with Crippen molar-refractivity contribution in [3.05, 3.63) is 0 Å². The highest BCUT2D eigenvalue weighted by atomic mass is 16.5. The second-order valence-corrected chi connectivity index (χ2v) is 4.79. The maximum absolute atomic E-state index is 10.8. The fraction of sp³-hybridized carbons (Fsp3) is 0.909. The Kier molecular flexibility index (Phi) is 5.77. The number of unbranched alkanes of at least 4 members (excludes halogenated alkanes) is 1. The van der Waals surface area contributed by atoms with Gasteiger partial charge in [0, 0.05) is 6.42 Å². The molecule has 0 amide bonds. The first-order valence-electron chi connectivity index (χ1n) is 5.26. The third-order valence-electron chi connectivity index (χ3n) is 2.80. The van der Waals surface area contributed by atoms with E-state index >= 15 is 0 Å². The molecule has 0 saturated carbocycles. The molecule has 0 aromatic carbocycles. The Morgan fingerprint density at radius 2 is 1.86 bits per heavy atom. The molecule has 3 nitrogen and oxygen atoms in total. The molecule has 0 radical (unpaired) electrons. The summed E-state index contributed by atoms with van der Waals surface area (Å²) in [6, 6.07) is 0.646. The molecule has 84 valence electrons. The van der Waals surface area contributed by atoms with Gasteiger partial charge in [-0.25, -0.2) is 0 Å². The van der Waals surface area contributed by atoms with E-state index in [1.165, 1.54) is 13.5 Å². The molecule has 0 aromatic heterocycles. The van der Waals surface area contributed by atoms with Crippen molar-refractivity contribution in [2.75, 3.05) is 28.3 Å². The molecule has 0 N–H and O–H groups in total. The summed E-state index contributed by atoms with van der Waals surface area (Å²) in [6.07, 6.45) is 3.77. The first kappa shape index (κ1) is 13.4. The number of rotatable bonds is 6. The van der Waals surface area contributed by atoms with Crippen molar-refractivity contribution in [2.45, 2.75) is 38.6 Å². The molecule has 3 heteroatoms. The average molecular weight is 202 g/mol. The lowest BCUT2D eigenvalue weighted by Gasteiger charge is -2.31. The van der Waals surface area contributed by atoms with Crippen LogP contribution in [0.1, 0.15) is 32.6 Å². The van der Waals surface area contributed by atoms with Gasteiger partial charge in [-0.1, -0.05) is 0 Å². The Balaban J connectivity index is 3.50. The SMILES string of the molecule is COC(=O)CCCCC(C)[N+](C)(C)C. The molecule has 0 spiro atoms. The van der Waals surface area contributed by atoms with Crippen molar-refractivity contribution in [1.29, 1.82) is 0 Å². The van der Waals surface area contributed by atoms with Crippen LogP contribution in [0.15, 0.2) is 0 Å². The van der Waals surface area contributed by atoms with Crippen LogP contribution >= 0.6 is 0 Å². The van der Waals surface area contributed by atoms with Gasteiger partial charge in [0.25, 0.3) is 0 Å². The number of quaternary nitrogens is 1. The van der Waals surface area contributed by atoms with Crippen LogP contribution in [0.2, 0.25) is 0 Å². The van der Waals surface area contributed by atoms with Gasteiger partial charge in [0.2, 0.25) is 0 Å². The van der Waals surface area contributed by atoms with Gasteiger partial charge < -0.3 is 9.22 Å². The summed E-state index contributed by atoms with van der Waals surface area (Å²) >= 11 is 0. The topological polar surface area (TPSA) is 26.3 Å². The van der Waals surface area contributed by atoms with Crippen LogP contribution in [0.4, 0.5) is 0 Å². The number of esters is 1. The van der Waals surface area contributed by atoms with E-state index in [1.807, 2.05) is 0 Å². The Hall–Kier alpha value is -0.570. The van der Waals surface area contributed by atoms with E-state index in [2.05, 4.69) is 32.8 Å². The van der Waals surface area contributed by atoms with Gasteiger partial charge in [-0.2, -0.15) is 0 Å². The predicted molar refractivity (Wildman–Crippen MR) is 58.0 cm³/mol. The fourth-order valence-corrected chi connectivity index (χ4v) is 1.20. The predicted octanol–water partition coefficient (Wildman–Crippen LogP) is 1.81. The number of nitrogens with zero attached hydrogens (tertiary/aromatic N) is 1. The number of hydrogen-bond acceptors (Lipinski definition) is 2.